The molecule has 0 aliphatic heterocycles. The largest absolute Gasteiger partial charge is 0.388 e. The molecular formula is C16H18ClN3O. The SMILES string of the molecule is CCc1nn(CC)c(CC(O)c2cccc(C#N)c2)c1Cl. The minimum atomic E-state index is -0.706. The molecule has 0 spiro atoms. The van der Waals surface area contributed by atoms with E-state index in [9.17, 15) is 5.11 Å². The summed E-state index contributed by atoms with van der Waals surface area (Å²) in [6.07, 6.45) is 0.440. The van der Waals surface area contributed by atoms with Gasteiger partial charge in [-0.05, 0) is 31.0 Å². The van der Waals surface area contributed by atoms with Crippen molar-refractivity contribution in [1.29, 1.82) is 5.26 Å². The van der Waals surface area contributed by atoms with Crippen LogP contribution in [0.15, 0.2) is 24.3 Å². The van der Waals surface area contributed by atoms with E-state index in [4.69, 9.17) is 16.9 Å². The molecule has 1 heterocycles. The van der Waals surface area contributed by atoms with Crippen molar-refractivity contribution in [2.45, 2.75) is 39.3 Å². The molecule has 0 aliphatic rings. The van der Waals surface area contributed by atoms with E-state index in [1.54, 1.807) is 18.2 Å². The fourth-order valence-corrected chi connectivity index (χ4v) is 2.67. The zero-order valence-corrected chi connectivity index (χ0v) is 12.9. The van der Waals surface area contributed by atoms with E-state index in [0.29, 0.717) is 29.1 Å². The minimum Gasteiger partial charge on any atom is -0.388 e. The fourth-order valence-electron chi connectivity index (χ4n) is 2.33. The molecule has 1 atom stereocenters. The topological polar surface area (TPSA) is 61.8 Å². The predicted octanol–water partition coefficient (Wildman–Crippen LogP) is 3.27. The number of aliphatic hydroxyl groups is 1. The molecule has 1 unspecified atom stereocenters. The van der Waals surface area contributed by atoms with Crippen LogP contribution >= 0.6 is 11.6 Å². The third kappa shape index (κ3) is 3.26. The molecule has 0 fully saturated rings. The van der Waals surface area contributed by atoms with Gasteiger partial charge in [0.05, 0.1) is 34.1 Å². The zero-order chi connectivity index (χ0) is 15.4. The summed E-state index contributed by atoms with van der Waals surface area (Å²) in [7, 11) is 0. The number of nitriles is 1. The van der Waals surface area contributed by atoms with Crippen molar-refractivity contribution in [3.8, 4) is 6.07 Å². The van der Waals surface area contributed by atoms with Crippen LogP contribution in [0.25, 0.3) is 0 Å². The Morgan fingerprint density at radius 2 is 2.19 bits per heavy atom. The van der Waals surface area contributed by atoms with Crippen LogP contribution in [-0.4, -0.2) is 14.9 Å². The molecule has 1 N–H and O–H groups in total. The summed E-state index contributed by atoms with van der Waals surface area (Å²) in [6, 6.07) is 9.08. The average Bonchev–Trinajstić information content (AvgIpc) is 2.83. The van der Waals surface area contributed by atoms with Crippen molar-refractivity contribution >= 4 is 11.6 Å². The number of aryl methyl sites for hydroxylation is 2. The Morgan fingerprint density at radius 3 is 2.81 bits per heavy atom. The van der Waals surface area contributed by atoms with Crippen LogP contribution in [0.5, 0.6) is 0 Å². The molecule has 5 heteroatoms. The predicted molar refractivity (Wildman–Crippen MR) is 82.1 cm³/mol. The monoisotopic (exact) mass is 303 g/mol. The van der Waals surface area contributed by atoms with Crippen LogP contribution in [0.4, 0.5) is 0 Å². The molecule has 0 amide bonds. The first-order valence-corrected chi connectivity index (χ1v) is 7.40. The van der Waals surface area contributed by atoms with Gasteiger partial charge in [-0.2, -0.15) is 10.4 Å². The summed E-state index contributed by atoms with van der Waals surface area (Å²) >= 11 is 6.35. The molecule has 0 bridgehead atoms. The van der Waals surface area contributed by atoms with Crippen LogP contribution in [-0.2, 0) is 19.4 Å². The third-order valence-corrected chi connectivity index (χ3v) is 3.92. The molecule has 0 radical (unpaired) electrons. The number of aromatic nitrogens is 2. The summed E-state index contributed by atoms with van der Waals surface area (Å²) in [5.74, 6) is 0. The highest BCUT2D eigenvalue weighted by Crippen LogP contribution is 2.27. The number of aliphatic hydroxyl groups excluding tert-OH is 1. The van der Waals surface area contributed by atoms with Gasteiger partial charge in [-0.15, -0.1) is 0 Å². The Kier molecular flexibility index (Phi) is 5.00. The van der Waals surface area contributed by atoms with E-state index in [-0.39, 0.29) is 0 Å². The number of halogens is 1. The van der Waals surface area contributed by atoms with E-state index in [1.807, 2.05) is 24.6 Å². The molecule has 1 aromatic heterocycles. The molecule has 2 aromatic rings. The molecule has 1 aromatic carbocycles. The first kappa shape index (κ1) is 15.6. The molecule has 21 heavy (non-hydrogen) atoms. The molecule has 4 nitrogen and oxygen atoms in total. The maximum Gasteiger partial charge on any atom is 0.0991 e. The summed E-state index contributed by atoms with van der Waals surface area (Å²) in [5.41, 5.74) is 2.94. The summed E-state index contributed by atoms with van der Waals surface area (Å²) in [6.45, 7) is 4.71. The number of hydrogen-bond donors (Lipinski definition) is 1. The van der Waals surface area contributed by atoms with Gasteiger partial charge in [0.15, 0.2) is 0 Å². The Balaban J connectivity index is 2.29. The molecule has 110 valence electrons. The lowest BCUT2D eigenvalue weighted by atomic mass is 10.0. The van der Waals surface area contributed by atoms with Gasteiger partial charge in [-0.25, -0.2) is 0 Å². The van der Waals surface area contributed by atoms with Crippen LogP contribution in [0.2, 0.25) is 5.02 Å². The van der Waals surface area contributed by atoms with Gasteiger partial charge in [0.1, 0.15) is 0 Å². The molecule has 2 rings (SSSR count). The maximum atomic E-state index is 10.4. The standard InChI is InChI=1S/C16H18ClN3O/c1-3-13-16(17)14(20(4-2)19-13)9-15(21)12-7-5-6-11(8-12)10-18/h5-8,15,21H,3-4,9H2,1-2H3. The smallest absolute Gasteiger partial charge is 0.0991 e. The lowest BCUT2D eigenvalue weighted by Gasteiger charge is -2.12. The van der Waals surface area contributed by atoms with Crippen LogP contribution < -0.4 is 0 Å². The second-order valence-corrected chi connectivity index (χ2v) is 5.21. The second-order valence-electron chi connectivity index (χ2n) is 4.83. The second kappa shape index (κ2) is 6.75. The minimum absolute atomic E-state index is 0.383. The average molecular weight is 304 g/mol. The summed E-state index contributed by atoms with van der Waals surface area (Å²) in [4.78, 5) is 0. The van der Waals surface area contributed by atoms with Crippen LogP contribution in [0.1, 0.15) is 42.5 Å². The van der Waals surface area contributed by atoms with Crippen molar-refractivity contribution in [3.05, 3.63) is 51.8 Å². The van der Waals surface area contributed by atoms with Gasteiger partial charge < -0.3 is 5.11 Å². The van der Waals surface area contributed by atoms with Gasteiger partial charge in [-0.3, -0.25) is 4.68 Å². The quantitative estimate of drug-likeness (QED) is 0.922. The van der Waals surface area contributed by atoms with E-state index >= 15 is 0 Å². The van der Waals surface area contributed by atoms with Crippen LogP contribution in [0, 0.1) is 11.3 Å². The first-order valence-electron chi connectivity index (χ1n) is 7.02. The van der Waals surface area contributed by atoms with Gasteiger partial charge in [0, 0.05) is 13.0 Å². The number of benzene rings is 1. The number of hydrogen-bond acceptors (Lipinski definition) is 3. The highest BCUT2D eigenvalue weighted by atomic mass is 35.5. The van der Waals surface area contributed by atoms with Crippen molar-refractivity contribution in [2.75, 3.05) is 0 Å². The van der Waals surface area contributed by atoms with E-state index in [1.165, 1.54) is 0 Å². The lowest BCUT2D eigenvalue weighted by molar-refractivity contribution is 0.175. The number of rotatable bonds is 5. The Labute approximate surface area is 129 Å². The maximum absolute atomic E-state index is 10.4. The Hall–Kier alpha value is -1.83. The van der Waals surface area contributed by atoms with E-state index in [0.717, 1.165) is 17.8 Å². The molecule has 0 aliphatic carbocycles. The zero-order valence-electron chi connectivity index (χ0n) is 12.2. The highest BCUT2D eigenvalue weighted by molar-refractivity contribution is 6.31. The number of nitrogens with zero attached hydrogens (tertiary/aromatic N) is 3. The van der Waals surface area contributed by atoms with Crippen molar-refractivity contribution in [3.63, 3.8) is 0 Å². The van der Waals surface area contributed by atoms with E-state index in [2.05, 4.69) is 11.2 Å². The molecular weight excluding hydrogens is 286 g/mol. The van der Waals surface area contributed by atoms with Crippen molar-refractivity contribution in [1.82, 2.24) is 9.78 Å². The van der Waals surface area contributed by atoms with Gasteiger partial charge in [0.25, 0.3) is 0 Å². The van der Waals surface area contributed by atoms with E-state index < -0.39 is 6.10 Å². The normalized spacial score (nSPS) is 12.1. The van der Waals surface area contributed by atoms with Crippen molar-refractivity contribution < 1.29 is 5.11 Å². The summed E-state index contributed by atoms with van der Waals surface area (Å²) in [5, 5.41) is 24.4. The van der Waals surface area contributed by atoms with Crippen LogP contribution in [0.3, 0.4) is 0 Å². The van der Waals surface area contributed by atoms with Gasteiger partial charge >= 0.3 is 0 Å². The van der Waals surface area contributed by atoms with Gasteiger partial charge in [0.2, 0.25) is 0 Å². The van der Waals surface area contributed by atoms with Gasteiger partial charge in [-0.1, -0.05) is 30.7 Å². The van der Waals surface area contributed by atoms with Crippen molar-refractivity contribution in [2.24, 2.45) is 0 Å². The highest BCUT2D eigenvalue weighted by Gasteiger charge is 2.18. The molecule has 0 saturated carbocycles. The summed E-state index contributed by atoms with van der Waals surface area (Å²) < 4.78 is 1.83. The Bertz CT molecular complexity index is 673. The lowest BCUT2D eigenvalue weighted by Crippen LogP contribution is -2.09. The molecule has 0 saturated heterocycles. The third-order valence-electron chi connectivity index (χ3n) is 3.48. The first-order chi connectivity index (χ1) is 10.1. The fraction of sp³-hybridized carbons (Fsp3) is 0.375. The Morgan fingerprint density at radius 1 is 1.43 bits per heavy atom.